The zero-order chi connectivity index (χ0) is 22.5. The molecule has 0 aliphatic heterocycles. The Morgan fingerprint density at radius 2 is 1.94 bits per heavy atom. The fourth-order valence-electron chi connectivity index (χ4n) is 3.31. The van der Waals surface area contributed by atoms with Crippen LogP contribution in [0.25, 0.3) is 0 Å². The first-order valence-corrected chi connectivity index (χ1v) is 9.86. The summed E-state index contributed by atoms with van der Waals surface area (Å²) in [5.41, 5.74) is 9.64. The largest absolute Gasteiger partial charge is 0.507 e. The predicted molar refractivity (Wildman–Crippen MR) is 121 cm³/mol. The summed E-state index contributed by atoms with van der Waals surface area (Å²) in [4.78, 5) is 23.4. The van der Waals surface area contributed by atoms with Gasteiger partial charge in [-0.25, -0.2) is 0 Å². The molecule has 0 saturated carbocycles. The van der Waals surface area contributed by atoms with E-state index in [4.69, 9.17) is 5.73 Å². The van der Waals surface area contributed by atoms with Crippen molar-refractivity contribution < 1.29 is 14.7 Å². The number of carbonyl (C=O) groups is 2. The average molecular weight is 422 g/mol. The number of aromatic hydroxyl groups is 1. The summed E-state index contributed by atoms with van der Waals surface area (Å²) in [6.07, 6.45) is 0.709. The van der Waals surface area contributed by atoms with Crippen LogP contribution < -0.4 is 21.7 Å². The Kier molecular flexibility index (Phi) is 6.44. The minimum Gasteiger partial charge on any atom is -0.507 e. The third kappa shape index (κ3) is 5.13. The topological polar surface area (TPSA) is 145 Å². The maximum absolute atomic E-state index is 12.1. The van der Waals surface area contributed by atoms with Gasteiger partial charge in [0.2, 0.25) is 5.91 Å². The first kappa shape index (κ1) is 21.7. The molecule has 0 spiro atoms. The Morgan fingerprint density at radius 1 is 1.19 bits per heavy atom. The first-order chi connectivity index (χ1) is 14.8. The molecule has 1 heterocycles. The van der Waals surface area contributed by atoms with Gasteiger partial charge in [0, 0.05) is 24.8 Å². The van der Waals surface area contributed by atoms with Gasteiger partial charge >= 0.3 is 0 Å². The smallest absolute Gasteiger partial charge is 0.256 e. The van der Waals surface area contributed by atoms with Crippen LogP contribution in [0, 0.1) is 6.92 Å². The lowest BCUT2D eigenvalue weighted by Crippen LogP contribution is -2.15. The van der Waals surface area contributed by atoms with Crippen LogP contribution in [0.5, 0.6) is 5.75 Å². The molecule has 162 valence electrons. The van der Waals surface area contributed by atoms with Crippen LogP contribution in [0.1, 0.15) is 40.9 Å². The van der Waals surface area contributed by atoms with E-state index in [1.807, 2.05) is 26.0 Å². The third-order valence-corrected chi connectivity index (χ3v) is 4.75. The van der Waals surface area contributed by atoms with E-state index in [0.29, 0.717) is 41.7 Å². The number of hydrogen-bond donors (Lipinski definition) is 6. The van der Waals surface area contributed by atoms with E-state index in [0.717, 1.165) is 16.7 Å². The number of carbonyl (C=O) groups excluding carboxylic acids is 2. The number of nitrogens with two attached hydrogens (primary N) is 1. The number of phenols is 1. The number of phenolic OH excluding ortho intramolecular Hbond substituents is 1. The molecule has 0 fully saturated rings. The highest BCUT2D eigenvalue weighted by atomic mass is 16.3. The number of aryl methyl sites for hydroxylation is 2. The lowest BCUT2D eigenvalue weighted by molar-refractivity contribution is -0.114. The normalized spacial score (nSPS) is 10.5. The van der Waals surface area contributed by atoms with Crippen molar-refractivity contribution in [3.8, 4) is 5.75 Å². The summed E-state index contributed by atoms with van der Waals surface area (Å²) in [5.74, 6) is 0.131. The van der Waals surface area contributed by atoms with Gasteiger partial charge in [0.25, 0.3) is 5.91 Å². The molecular formula is C22H26N6O3. The number of nitrogens with one attached hydrogen (secondary N) is 4. The molecule has 31 heavy (non-hydrogen) atoms. The highest BCUT2D eigenvalue weighted by Crippen LogP contribution is 2.28. The summed E-state index contributed by atoms with van der Waals surface area (Å²) >= 11 is 0. The lowest BCUT2D eigenvalue weighted by atomic mass is 10.0. The minimum absolute atomic E-state index is 0.182. The Labute approximate surface area is 180 Å². The lowest BCUT2D eigenvalue weighted by Gasteiger charge is -2.11. The van der Waals surface area contributed by atoms with Crippen LogP contribution in [0.2, 0.25) is 0 Å². The number of hydrogen-bond acceptors (Lipinski definition) is 6. The van der Waals surface area contributed by atoms with Gasteiger partial charge in [0.05, 0.1) is 0 Å². The van der Waals surface area contributed by atoms with Crippen LogP contribution >= 0.6 is 0 Å². The molecule has 0 saturated heterocycles. The zero-order valence-electron chi connectivity index (χ0n) is 17.7. The van der Waals surface area contributed by atoms with Gasteiger partial charge in [0.15, 0.2) is 5.82 Å². The number of rotatable bonds is 8. The number of benzene rings is 2. The fourth-order valence-corrected chi connectivity index (χ4v) is 3.31. The van der Waals surface area contributed by atoms with Crippen LogP contribution in [-0.2, 0) is 17.8 Å². The van der Waals surface area contributed by atoms with E-state index in [2.05, 4.69) is 26.1 Å². The molecule has 9 heteroatoms. The first-order valence-electron chi connectivity index (χ1n) is 9.86. The van der Waals surface area contributed by atoms with Crippen molar-refractivity contribution in [3.63, 3.8) is 0 Å². The molecule has 0 bridgehead atoms. The number of H-pyrrole nitrogens is 1. The highest BCUT2D eigenvalue weighted by molar-refractivity contribution is 6.03. The molecule has 2 amide bonds. The van der Waals surface area contributed by atoms with Gasteiger partial charge in [-0.2, -0.15) is 5.10 Å². The second-order valence-corrected chi connectivity index (χ2v) is 7.20. The van der Waals surface area contributed by atoms with Crippen molar-refractivity contribution >= 4 is 34.8 Å². The van der Waals surface area contributed by atoms with Crippen molar-refractivity contribution in [2.24, 2.45) is 5.73 Å². The molecule has 3 rings (SSSR count). The van der Waals surface area contributed by atoms with Gasteiger partial charge in [-0.05, 0) is 48.2 Å². The number of amides is 2. The second kappa shape index (κ2) is 9.21. The van der Waals surface area contributed by atoms with E-state index < -0.39 is 5.91 Å². The molecular weight excluding hydrogens is 396 g/mol. The predicted octanol–water partition coefficient (Wildman–Crippen LogP) is 3.40. The number of aromatic amines is 1. The number of anilines is 4. The standard InChI is InChI=1S/C22H26N6O3/c1-4-15-9-14(8-12(2)19(15)30)11-24-21-18(20(23)31)22(28-27-21)26-17-7-5-6-16(10-17)25-13(3)29/h5-10,30H,4,11H2,1-3H3,(H2,23,31)(H,25,29)(H3,24,26,27,28). The highest BCUT2D eigenvalue weighted by Gasteiger charge is 2.19. The van der Waals surface area contributed by atoms with E-state index in [9.17, 15) is 14.7 Å². The summed E-state index contributed by atoms with van der Waals surface area (Å²) in [6.45, 7) is 5.65. The summed E-state index contributed by atoms with van der Waals surface area (Å²) in [6, 6.07) is 10.8. The SMILES string of the molecule is CCc1cc(CNc2n[nH]c(Nc3cccc(NC(C)=O)c3)c2C(N)=O)cc(C)c1O. The van der Waals surface area contributed by atoms with Crippen molar-refractivity contribution in [2.45, 2.75) is 33.7 Å². The number of primary amides is 1. The van der Waals surface area contributed by atoms with Crippen molar-refractivity contribution in [1.29, 1.82) is 0 Å². The molecule has 2 aromatic carbocycles. The van der Waals surface area contributed by atoms with E-state index in [1.165, 1.54) is 6.92 Å². The maximum atomic E-state index is 12.1. The van der Waals surface area contributed by atoms with E-state index in [-0.39, 0.29) is 11.5 Å². The Balaban J connectivity index is 1.81. The van der Waals surface area contributed by atoms with Gasteiger partial charge in [-0.3, -0.25) is 14.7 Å². The average Bonchev–Trinajstić information content (AvgIpc) is 3.11. The number of aromatic nitrogens is 2. The Hall–Kier alpha value is -4.01. The van der Waals surface area contributed by atoms with Gasteiger partial charge in [-0.15, -0.1) is 0 Å². The molecule has 3 aromatic rings. The molecule has 0 aliphatic rings. The van der Waals surface area contributed by atoms with E-state index >= 15 is 0 Å². The van der Waals surface area contributed by atoms with Gasteiger partial charge < -0.3 is 26.8 Å². The Bertz CT molecular complexity index is 1120. The quantitative estimate of drug-likeness (QED) is 0.328. The van der Waals surface area contributed by atoms with Gasteiger partial charge in [0.1, 0.15) is 17.1 Å². The Morgan fingerprint density at radius 3 is 2.61 bits per heavy atom. The molecule has 1 aromatic heterocycles. The second-order valence-electron chi connectivity index (χ2n) is 7.20. The molecule has 0 unspecified atom stereocenters. The van der Waals surface area contributed by atoms with Gasteiger partial charge in [-0.1, -0.05) is 25.1 Å². The zero-order valence-corrected chi connectivity index (χ0v) is 17.7. The van der Waals surface area contributed by atoms with Crippen LogP contribution in [-0.4, -0.2) is 27.1 Å². The number of nitrogens with zero attached hydrogens (tertiary/aromatic N) is 1. The molecule has 0 aliphatic carbocycles. The molecule has 9 nitrogen and oxygen atoms in total. The monoisotopic (exact) mass is 422 g/mol. The van der Waals surface area contributed by atoms with Crippen LogP contribution in [0.3, 0.4) is 0 Å². The summed E-state index contributed by atoms with van der Waals surface area (Å²) in [5, 5.41) is 26.0. The van der Waals surface area contributed by atoms with Crippen molar-refractivity contribution in [2.75, 3.05) is 16.0 Å². The minimum atomic E-state index is -0.645. The third-order valence-electron chi connectivity index (χ3n) is 4.75. The molecule has 0 atom stereocenters. The van der Waals surface area contributed by atoms with Crippen molar-refractivity contribution in [3.05, 3.63) is 58.7 Å². The maximum Gasteiger partial charge on any atom is 0.256 e. The molecule has 7 N–H and O–H groups in total. The van der Waals surface area contributed by atoms with Crippen LogP contribution in [0.4, 0.5) is 23.0 Å². The fraction of sp³-hybridized carbons (Fsp3) is 0.227. The summed E-state index contributed by atoms with van der Waals surface area (Å²) < 4.78 is 0. The van der Waals surface area contributed by atoms with Crippen LogP contribution in [0.15, 0.2) is 36.4 Å². The van der Waals surface area contributed by atoms with Crippen molar-refractivity contribution in [1.82, 2.24) is 10.2 Å². The summed E-state index contributed by atoms with van der Waals surface area (Å²) in [7, 11) is 0. The van der Waals surface area contributed by atoms with E-state index in [1.54, 1.807) is 24.3 Å². The molecule has 0 radical (unpaired) electrons.